The van der Waals surface area contributed by atoms with Gasteiger partial charge in [0.15, 0.2) is 0 Å². The molecule has 0 atom stereocenters. The van der Waals surface area contributed by atoms with E-state index in [4.69, 9.17) is 10.5 Å². The van der Waals surface area contributed by atoms with Gasteiger partial charge in [0.1, 0.15) is 0 Å². The Balaban J connectivity index is 2.67. The number of nitrogens with two attached hydrogens (primary N) is 1. The minimum absolute atomic E-state index is 0.239. The lowest BCUT2D eigenvalue weighted by atomic mass is 10.2. The van der Waals surface area contributed by atoms with E-state index in [0.717, 1.165) is 15.7 Å². The van der Waals surface area contributed by atoms with Crippen molar-refractivity contribution < 1.29 is 4.74 Å². The van der Waals surface area contributed by atoms with Crippen molar-refractivity contribution in [2.24, 2.45) is 0 Å². The Bertz CT molecular complexity index is 286. The largest absolute Gasteiger partial charge is 0.398 e. The Morgan fingerprint density at radius 2 is 2.15 bits per heavy atom. The fraction of sp³-hybridized carbons (Fsp3) is 0.400. The van der Waals surface area contributed by atoms with Gasteiger partial charge in [-0.05, 0) is 26.0 Å². The third-order valence-electron chi connectivity index (χ3n) is 1.68. The first-order valence-electron chi connectivity index (χ1n) is 4.25. The van der Waals surface area contributed by atoms with Crippen molar-refractivity contribution in [2.45, 2.75) is 26.6 Å². The van der Waals surface area contributed by atoms with Crippen LogP contribution in [0.4, 0.5) is 5.69 Å². The summed E-state index contributed by atoms with van der Waals surface area (Å²) in [6.07, 6.45) is 0.239. The van der Waals surface area contributed by atoms with Crippen LogP contribution in [0.3, 0.4) is 0 Å². The van der Waals surface area contributed by atoms with Crippen molar-refractivity contribution >= 4 is 21.6 Å². The van der Waals surface area contributed by atoms with Gasteiger partial charge in [0.25, 0.3) is 0 Å². The van der Waals surface area contributed by atoms with Crippen LogP contribution >= 0.6 is 15.9 Å². The molecule has 2 N–H and O–H groups in total. The first-order chi connectivity index (χ1) is 6.09. The third-order valence-corrected chi connectivity index (χ3v) is 2.17. The van der Waals surface area contributed by atoms with E-state index in [-0.39, 0.29) is 6.10 Å². The van der Waals surface area contributed by atoms with E-state index in [1.54, 1.807) is 0 Å². The maximum absolute atomic E-state index is 5.80. The van der Waals surface area contributed by atoms with Crippen molar-refractivity contribution in [1.29, 1.82) is 0 Å². The smallest absolute Gasteiger partial charge is 0.0740 e. The zero-order chi connectivity index (χ0) is 9.84. The summed E-state index contributed by atoms with van der Waals surface area (Å²) >= 11 is 3.36. The Kier molecular flexibility index (Phi) is 3.75. The van der Waals surface area contributed by atoms with E-state index in [9.17, 15) is 0 Å². The second-order valence-corrected chi connectivity index (χ2v) is 4.12. The summed E-state index contributed by atoms with van der Waals surface area (Å²) in [7, 11) is 0. The van der Waals surface area contributed by atoms with E-state index in [2.05, 4.69) is 15.9 Å². The maximum Gasteiger partial charge on any atom is 0.0740 e. The average molecular weight is 244 g/mol. The number of rotatable bonds is 3. The van der Waals surface area contributed by atoms with Gasteiger partial charge in [0, 0.05) is 15.7 Å². The maximum atomic E-state index is 5.80. The molecule has 0 fully saturated rings. The van der Waals surface area contributed by atoms with Gasteiger partial charge in [-0.25, -0.2) is 0 Å². The zero-order valence-corrected chi connectivity index (χ0v) is 9.47. The van der Waals surface area contributed by atoms with Gasteiger partial charge < -0.3 is 10.5 Å². The number of benzene rings is 1. The van der Waals surface area contributed by atoms with Crippen molar-refractivity contribution in [1.82, 2.24) is 0 Å². The summed E-state index contributed by atoms with van der Waals surface area (Å²) in [6.45, 7) is 4.60. The van der Waals surface area contributed by atoms with Gasteiger partial charge in [-0.15, -0.1) is 0 Å². The number of ether oxygens (including phenoxy) is 1. The van der Waals surface area contributed by atoms with Crippen LogP contribution < -0.4 is 5.73 Å². The standard InChI is InChI=1S/C10H14BrNO/c1-7(2)13-6-8-3-4-9(11)5-10(8)12/h3-5,7H,6,12H2,1-2H3. The Labute approximate surface area is 87.2 Å². The van der Waals surface area contributed by atoms with E-state index in [0.29, 0.717) is 6.61 Å². The minimum atomic E-state index is 0.239. The van der Waals surface area contributed by atoms with Crippen molar-refractivity contribution in [2.75, 3.05) is 5.73 Å². The first-order valence-corrected chi connectivity index (χ1v) is 5.04. The summed E-state index contributed by atoms with van der Waals surface area (Å²) in [4.78, 5) is 0. The van der Waals surface area contributed by atoms with E-state index >= 15 is 0 Å². The van der Waals surface area contributed by atoms with Crippen LogP contribution in [-0.4, -0.2) is 6.10 Å². The normalized spacial score (nSPS) is 10.8. The van der Waals surface area contributed by atoms with Crippen LogP contribution in [0.1, 0.15) is 19.4 Å². The Hall–Kier alpha value is -0.540. The topological polar surface area (TPSA) is 35.2 Å². The molecule has 3 heteroatoms. The SMILES string of the molecule is CC(C)OCc1ccc(Br)cc1N. The molecule has 1 rings (SSSR count). The monoisotopic (exact) mass is 243 g/mol. The summed E-state index contributed by atoms with van der Waals surface area (Å²) in [6, 6.07) is 5.83. The van der Waals surface area contributed by atoms with Crippen LogP contribution in [0, 0.1) is 0 Å². The highest BCUT2D eigenvalue weighted by molar-refractivity contribution is 9.10. The quantitative estimate of drug-likeness (QED) is 0.829. The molecule has 0 saturated carbocycles. The molecule has 0 amide bonds. The number of halogens is 1. The molecule has 0 aromatic heterocycles. The van der Waals surface area contributed by atoms with Gasteiger partial charge in [-0.2, -0.15) is 0 Å². The number of hydrogen-bond acceptors (Lipinski definition) is 2. The Morgan fingerprint density at radius 3 is 2.69 bits per heavy atom. The van der Waals surface area contributed by atoms with Crippen molar-refractivity contribution in [3.8, 4) is 0 Å². The van der Waals surface area contributed by atoms with E-state index in [1.165, 1.54) is 0 Å². The lowest BCUT2D eigenvalue weighted by molar-refractivity contribution is 0.0660. The van der Waals surface area contributed by atoms with Crippen LogP contribution in [-0.2, 0) is 11.3 Å². The molecule has 0 unspecified atom stereocenters. The van der Waals surface area contributed by atoms with E-state index < -0.39 is 0 Å². The van der Waals surface area contributed by atoms with Crippen LogP contribution in [0.15, 0.2) is 22.7 Å². The van der Waals surface area contributed by atoms with Gasteiger partial charge in [-0.1, -0.05) is 22.0 Å². The average Bonchev–Trinajstić information content (AvgIpc) is 2.02. The molecule has 0 radical (unpaired) electrons. The molecule has 1 aromatic rings. The molecule has 1 aromatic carbocycles. The second-order valence-electron chi connectivity index (χ2n) is 3.20. The lowest BCUT2D eigenvalue weighted by Gasteiger charge is -2.09. The number of hydrogen-bond donors (Lipinski definition) is 1. The lowest BCUT2D eigenvalue weighted by Crippen LogP contribution is -2.04. The first kappa shape index (κ1) is 10.5. The van der Waals surface area contributed by atoms with Crippen LogP contribution in [0.5, 0.6) is 0 Å². The van der Waals surface area contributed by atoms with Crippen molar-refractivity contribution in [3.63, 3.8) is 0 Å². The molecule has 72 valence electrons. The number of anilines is 1. The predicted octanol–water partition coefficient (Wildman–Crippen LogP) is 2.96. The van der Waals surface area contributed by atoms with Gasteiger partial charge >= 0.3 is 0 Å². The molecule has 0 bridgehead atoms. The highest BCUT2D eigenvalue weighted by atomic mass is 79.9. The van der Waals surface area contributed by atoms with Crippen LogP contribution in [0.25, 0.3) is 0 Å². The fourth-order valence-electron chi connectivity index (χ4n) is 0.954. The molecule has 0 saturated heterocycles. The predicted molar refractivity (Wildman–Crippen MR) is 58.5 cm³/mol. The van der Waals surface area contributed by atoms with Crippen molar-refractivity contribution in [3.05, 3.63) is 28.2 Å². The summed E-state index contributed by atoms with van der Waals surface area (Å²) in [5.74, 6) is 0. The summed E-state index contributed by atoms with van der Waals surface area (Å²) in [5.41, 5.74) is 7.61. The minimum Gasteiger partial charge on any atom is -0.398 e. The molecule has 0 aliphatic rings. The highest BCUT2D eigenvalue weighted by Gasteiger charge is 2.01. The van der Waals surface area contributed by atoms with Gasteiger partial charge in [0.05, 0.1) is 12.7 Å². The van der Waals surface area contributed by atoms with Crippen LogP contribution in [0.2, 0.25) is 0 Å². The molecule has 0 aliphatic heterocycles. The fourth-order valence-corrected chi connectivity index (χ4v) is 1.33. The van der Waals surface area contributed by atoms with E-state index in [1.807, 2.05) is 32.0 Å². The highest BCUT2D eigenvalue weighted by Crippen LogP contribution is 2.19. The summed E-state index contributed by atoms with van der Waals surface area (Å²) < 4.78 is 6.45. The summed E-state index contributed by atoms with van der Waals surface area (Å²) in [5, 5.41) is 0. The number of nitrogen functional groups attached to an aromatic ring is 1. The molecule has 13 heavy (non-hydrogen) atoms. The third kappa shape index (κ3) is 3.36. The van der Waals surface area contributed by atoms with Gasteiger partial charge in [-0.3, -0.25) is 0 Å². The molecular weight excluding hydrogens is 230 g/mol. The van der Waals surface area contributed by atoms with Gasteiger partial charge in [0.2, 0.25) is 0 Å². The zero-order valence-electron chi connectivity index (χ0n) is 7.88. The molecule has 0 heterocycles. The molecule has 0 aliphatic carbocycles. The second kappa shape index (κ2) is 4.63. The molecular formula is C10H14BrNO. The Morgan fingerprint density at radius 1 is 1.46 bits per heavy atom. The molecule has 0 spiro atoms. The molecule has 2 nitrogen and oxygen atoms in total.